The average molecular weight is 608 g/mol. The lowest BCUT2D eigenvalue weighted by Crippen LogP contribution is -2.44. The summed E-state index contributed by atoms with van der Waals surface area (Å²) in [5.41, 5.74) is 1.35. The number of rotatable bonds is 7. The van der Waals surface area contributed by atoms with Crippen LogP contribution in [0.4, 0.5) is 5.69 Å². The summed E-state index contributed by atoms with van der Waals surface area (Å²) in [4.78, 5) is 67.2. The Labute approximate surface area is 247 Å². The predicted molar refractivity (Wildman–Crippen MR) is 151 cm³/mol. The minimum atomic E-state index is -1.27. The van der Waals surface area contributed by atoms with E-state index >= 15 is 0 Å². The van der Waals surface area contributed by atoms with E-state index in [4.69, 9.17) is 4.74 Å². The Morgan fingerprint density at radius 1 is 1.14 bits per heavy atom. The number of ether oxygens (including phenoxy) is 1. The molecule has 2 saturated carbocycles. The van der Waals surface area contributed by atoms with Crippen LogP contribution >= 0.6 is 23.1 Å². The SMILES string of the molecule is CC(C(=O)O)N1C(=O)C2C3CC(C2C1=O)C1C3Sc2[nH]c(=O)sc2[C@@H]1c1cc([N+](=O)[O-])ccc1OCc1ccccc1. The molecule has 0 spiro atoms. The molecule has 3 fully saturated rings. The number of H-pyrrole nitrogens is 1. The Hall–Kier alpha value is -3.97. The van der Waals surface area contributed by atoms with Gasteiger partial charge in [0.25, 0.3) is 5.69 Å². The lowest BCUT2D eigenvalue weighted by atomic mass is 9.68. The van der Waals surface area contributed by atoms with Crippen LogP contribution in [0.1, 0.15) is 35.3 Å². The lowest BCUT2D eigenvalue weighted by Gasteiger charge is -2.43. The molecule has 0 radical (unpaired) electrons. The molecule has 2 N–H and O–H groups in total. The monoisotopic (exact) mass is 607 g/mol. The van der Waals surface area contributed by atoms with Crippen LogP contribution in [-0.2, 0) is 21.0 Å². The molecule has 1 saturated heterocycles. The largest absolute Gasteiger partial charge is 0.489 e. The fraction of sp³-hybridized carbons (Fsp3) is 0.379. The molecule has 42 heavy (non-hydrogen) atoms. The van der Waals surface area contributed by atoms with Gasteiger partial charge in [-0.2, -0.15) is 0 Å². The smallest absolute Gasteiger partial charge is 0.326 e. The number of benzene rings is 2. The first-order chi connectivity index (χ1) is 20.2. The van der Waals surface area contributed by atoms with Crippen LogP contribution in [0, 0.1) is 39.7 Å². The van der Waals surface area contributed by atoms with Gasteiger partial charge in [-0.15, -0.1) is 11.8 Å². The molecular weight excluding hydrogens is 582 g/mol. The van der Waals surface area contributed by atoms with Gasteiger partial charge in [0.15, 0.2) is 0 Å². The summed E-state index contributed by atoms with van der Waals surface area (Å²) in [6.45, 7) is 1.57. The number of hydrogen-bond donors (Lipinski definition) is 2. The van der Waals surface area contributed by atoms with Crippen molar-refractivity contribution in [2.75, 3.05) is 0 Å². The number of nitro benzene ring substituents is 1. The Bertz CT molecular complexity index is 1700. The van der Waals surface area contributed by atoms with E-state index in [1.165, 1.54) is 30.8 Å². The number of imide groups is 1. The number of nitro groups is 1. The van der Waals surface area contributed by atoms with Gasteiger partial charge >= 0.3 is 10.8 Å². The zero-order valence-electron chi connectivity index (χ0n) is 22.2. The van der Waals surface area contributed by atoms with Crippen molar-refractivity contribution in [1.82, 2.24) is 9.88 Å². The molecule has 11 nitrogen and oxygen atoms in total. The van der Waals surface area contributed by atoms with Gasteiger partial charge in [-0.25, -0.2) is 4.79 Å². The van der Waals surface area contributed by atoms with Gasteiger partial charge in [0.2, 0.25) is 11.8 Å². The summed E-state index contributed by atoms with van der Waals surface area (Å²) in [5.74, 6) is -4.20. The second-order valence-corrected chi connectivity index (χ2v) is 13.5. The molecule has 8 atom stereocenters. The maximum Gasteiger partial charge on any atom is 0.326 e. The number of carbonyl (C=O) groups is 3. The van der Waals surface area contributed by atoms with E-state index in [9.17, 15) is 34.4 Å². The number of amides is 2. The summed E-state index contributed by atoms with van der Waals surface area (Å²) >= 11 is 2.53. The van der Waals surface area contributed by atoms with E-state index in [0.717, 1.165) is 26.7 Å². The zero-order chi connectivity index (χ0) is 29.4. The maximum atomic E-state index is 13.6. The molecule has 2 amide bonds. The van der Waals surface area contributed by atoms with Gasteiger partial charge in [0.05, 0.1) is 21.8 Å². The van der Waals surface area contributed by atoms with Crippen molar-refractivity contribution >= 4 is 46.6 Å². The van der Waals surface area contributed by atoms with Crippen LogP contribution in [0.25, 0.3) is 0 Å². The molecule has 3 aromatic rings. The molecule has 13 heteroatoms. The van der Waals surface area contributed by atoms with Crippen molar-refractivity contribution in [2.24, 2.45) is 29.6 Å². The van der Waals surface area contributed by atoms with E-state index in [1.54, 1.807) is 6.07 Å². The number of hydrogen-bond acceptors (Lipinski definition) is 9. The second-order valence-electron chi connectivity index (χ2n) is 11.3. The van der Waals surface area contributed by atoms with E-state index in [0.29, 0.717) is 22.8 Å². The van der Waals surface area contributed by atoms with Crippen molar-refractivity contribution in [3.63, 3.8) is 0 Å². The topological polar surface area (TPSA) is 160 Å². The number of nitrogens with zero attached hydrogens (tertiary/aromatic N) is 2. The number of thioether (sulfide) groups is 1. The molecule has 3 heterocycles. The number of likely N-dealkylation sites (tertiary alicyclic amines) is 1. The molecule has 2 aromatic carbocycles. The first-order valence-corrected chi connectivity index (χ1v) is 15.3. The third-order valence-corrected chi connectivity index (χ3v) is 11.9. The molecular formula is C29H25N3O8S2. The van der Waals surface area contributed by atoms with E-state index in [1.807, 2.05) is 30.3 Å². The van der Waals surface area contributed by atoms with Crippen LogP contribution in [0.5, 0.6) is 5.75 Å². The second kappa shape index (κ2) is 9.80. The molecule has 1 aromatic heterocycles. The first-order valence-electron chi connectivity index (χ1n) is 13.6. The summed E-state index contributed by atoms with van der Waals surface area (Å²) < 4.78 is 6.25. The molecule has 216 valence electrons. The maximum absolute atomic E-state index is 13.6. The van der Waals surface area contributed by atoms with E-state index in [2.05, 4.69) is 4.98 Å². The number of nitrogens with one attached hydrogen (secondary N) is 1. The van der Waals surface area contributed by atoms with Crippen LogP contribution < -0.4 is 9.61 Å². The number of fused-ring (bicyclic) bond motifs is 9. The molecule has 7 unspecified atom stereocenters. The number of carbonyl (C=O) groups excluding carboxylic acids is 2. The number of thiazole rings is 1. The highest BCUT2D eigenvalue weighted by molar-refractivity contribution is 8.00. The summed E-state index contributed by atoms with van der Waals surface area (Å²) in [7, 11) is 0. The summed E-state index contributed by atoms with van der Waals surface area (Å²) in [6, 6.07) is 12.7. The van der Waals surface area contributed by atoms with E-state index < -0.39 is 46.5 Å². The third kappa shape index (κ3) is 3.93. The van der Waals surface area contributed by atoms with Crippen LogP contribution in [0.15, 0.2) is 58.4 Å². The fourth-order valence-electron chi connectivity index (χ4n) is 7.64. The van der Waals surface area contributed by atoms with Crippen molar-refractivity contribution in [1.29, 1.82) is 0 Å². The lowest BCUT2D eigenvalue weighted by molar-refractivity contribution is -0.385. The number of carboxylic acids is 1. The standard InChI is InChI=1S/C29H25N3O8S2/c1-12(28(35)36)31-26(33)21-16-10-17(22(21)27(31)34)23-20(16)19(24-25(41-23)30-29(37)42-24)15-9-14(32(38)39)7-8-18(15)40-11-13-5-3-2-4-6-13/h2-9,12,16-17,19-23H,10-11H2,1H3,(H,30,37)(H,35,36)/t12?,16?,17?,19-,20?,21?,22?,23?/m1/s1. The van der Waals surface area contributed by atoms with Crippen LogP contribution in [0.2, 0.25) is 0 Å². The highest BCUT2D eigenvalue weighted by Crippen LogP contribution is 2.69. The van der Waals surface area contributed by atoms with Crippen molar-refractivity contribution < 1.29 is 29.2 Å². The van der Waals surface area contributed by atoms with Gasteiger partial charge in [-0.1, -0.05) is 41.7 Å². The van der Waals surface area contributed by atoms with Crippen molar-refractivity contribution in [2.45, 2.75) is 42.2 Å². The van der Waals surface area contributed by atoms with Gasteiger partial charge in [0.1, 0.15) is 18.4 Å². The van der Waals surface area contributed by atoms with Crippen molar-refractivity contribution in [3.8, 4) is 5.75 Å². The number of non-ortho nitro benzene ring substituents is 1. The highest BCUT2D eigenvalue weighted by Gasteiger charge is 2.70. The van der Waals surface area contributed by atoms with Crippen LogP contribution in [-0.4, -0.2) is 49.0 Å². The molecule has 2 bridgehead atoms. The Morgan fingerprint density at radius 2 is 1.86 bits per heavy atom. The van der Waals surface area contributed by atoms with Gasteiger partial charge in [0, 0.05) is 33.7 Å². The predicted octanol–water partition coefficient (Wildman–Crippen LogP) is 3.87. The quantitative estimate of drug-likeness (QED) is 0.231. The molecule has 2 aliphatic carbocycles. The summed E-state index contributed by atoms with van der Waals surface area (Å²) in [6.07, 6.45) is 0.606. The van der Waals surface area contributed by atoms with Gasteiger partial charge < -0.3 is 14.8 Å². The Morgan fingerprint density at radius 3 is 2.55 bits per heavy atom. The molecule has 2 aliphatic heterocycles. The Kier molecular flexibility index (Phi) is 6.28. The summed E-state index contributed by atoms with van der Waals surface area (Å²) in [5, 5.41) is 22.0. The van der Waals surface area contributed by atoms with E-state index in [-0.39, 0.29) is 40.2 Å². The average Bonchev–Trinajstić information content (AvgIpc) is 3.70. The minimum Gasteiger partial charge on any atom is -0.489 e. The number of aromatic nitrogens is 1. The van der Waals surface area contributed by atoms with Gasteiger partial charge in [-0.05, 0) is 42.7 Å². The fourth-order valence-corrected chi connectivity index (χ4v) is 10.5. The third-order valence-electron chi connectivity index (χ3n) is 9.28. The number of aliphatic carboxylic acids is 1. The van der Waals surface area contributed by atoms with Crippen molar-refractivity contribution in [3.05, 3.63) is 84.3 Å². The van der Waals surface area contributed by atoms with Gasteiger partial charge in [-0.3, -0.25) is 29.4 Å². The van der Waals surface area contributed by atoms with Crippen LogP contribution in [0.3, 0.4) is 0 Å². The zero-order valence-corrected chi connectivity index (χ0v) is 23.8. The first kappa shape index (κ1) is 26.9. The highest BCUT2D eigenvalue weighted by atomic mass is 32.2. The number of carboxylic acid groups (broad SMARTS) is 1. The number of aromatic amines is 1. The molecule has 7 rings (SSSR count). The minimum absolute atomic E-state index is 0.120. The normalized spacial score (nSPS) is 29.6. The molecule has 4 aliphatic rings. The Balaban J connectivity index is 1.34.